The second kappa shape index (κ2) is 10.3. The number of halogens is 5. The number of carbonyl (C=O) groups is 1. The van der Waals surface area contributed by atoms with Gasteiger partial charge in [0.15, 0.2) is 11.6 Å². The summed E-state index contributed by atoms with van der Waals surface area (Å²) in [7, 11) is -8.36. The summed E-state index contributed by atoms with van der Waals surface area (Å²) in [4.78, 5) is 12.1. The van der Waals surface area contributed by atoms with Crippen LogP contribution in [0.15, 0.2) is 71.6 Å². The van der Waals surface area contributed by atoms with Crippen LogP contribution in [0.3, 0.4) is 0 Å². The summed E-state index contributed by atoms with van der Waals surface area (Å²) in [5, 5.41) is 2.34. The van der Waals surface area contributed by atoms with Crippen molar-refractivity contribution >= 4 is 43.0 Å². The number of rotatable bonds is 8. The predicted molar refractivity (Wildman–Crippen MR) is 126 cm³/mol. The lowest BCUT2D eigenvalue weighted by Gasteiger charge is -2.22. The van der Waals surface area contributed by atoms with Crippen molar-refractivity contribution in [2.45, 2.75) is 11.1 Å². The van der Waals surface area contributed by atoms with E-state index >= 15 is 0 Å². The van der Waals surface area contributed by atoms with Crippen molar-refractivity contribution in [2.75, 3.05) is 27.1 Å². The first kappa shape index (κ1) is 27.9. The Kier molecular flexibility index (Phi) is 7.78. The number of anilines is 3. The van der Waals surface area contributed by atoms with Crippen LogP contribution in [-0.2, 0) is 31.0 Å². The van der Waals surface area contributed by atoms with E-state index in [0.717, 1.165) is 42.7 Å². The molecule has 0 aromatic heterocycles. The zero-order valence-electron chi connectivity index (χ0n) is 18.8. The van der Waals surface area contributed by atoms with Crippen LogP contribution in [0.4, 0.5) is 39.0 Å². The number of benzene rings is 3. The number of carbonyl (C=O) groups excluding carboxylic acids is 1. The maximum Gasteiger partial charge on any atom is 0.416 e. The number of amides is 1. The van der Waals surface area contributed by atoms with Crippen LogP contribution in [-0.4, -0.2) is 35.5 Å². The summed E-state index contributed by atoms with van der Waals surface area (Å²) in [6, 6.07) is 10.4. The van der Waals surface area contributed by atoms with Crippen LogP contribution in [0.2, 0.25) is 0 Å². The van der Waals surface area contributed by atoms with Gasteiger partial charge in [-0.3, -0.25) is 13.8 Å². The van der Waals surface area contributed by atoms with Gasteiger partial charge in [-0.1, -0.05) is 6.07 Å². The van der Waals surface area contributed by atoms with Gasteiger partial charge in [-0.25, -0.2) is 25.6 Å². The molecule has 0 saturated carbocycles. The smallest absolute Gasteiger partial charge is 0.325 e. The monoisotopic (exact) mass is 563 g/mol. The maximum absolute atomic E-state index is 13.6. The molecule has 3 aromatic carbocycles. The van der Waals surface area contributed by atoms with E-state index < -0.39 is 55.9 Å². The van der Waals surface area contributed by atoms with Gasteiger partial charge in [-0.05, 0) is 54.6 Å². The standard InChI is InChI=1S/C22H18F5N3O5S2/c1-36(32,33)30(17-7-10-19(23)20(24)12-17)13-21(31)28-15-5-8-18(9-6-15)37(34,35)29-16-4-2-3-14(11-16)22(25,26)27/h2-12,29H,13H2,1H3,(H,28,31). The van der Waals surface area contributed by atoms with Crippen LogP contribution in [0, 0.1) is 11.6 Å². The average molecular weight is 564 g/mol. The highest BCUT2D eigenvalue weighted by Gasteiger charge is 2.31. The summed E-state index contributed by atoms with van der Waals surface area (Å²) in [5.74, 6) is -3.41. The fourth-order valence-corrected chi connectivity index (χ4v) is 4.96. The van der Waals surface area contributed by atoms with Crippen molar-refractivity contribution in [3.63, 3.8) is 0 Å². The fourth-order valence-electron chi connectivity index (χ4n) is 3.06. The first-order valence-electron chi connectivity index (χ1n) is 10.1. The molecule has 3 rings (SSSR count). The zero-order valence-corrected chi connectivity index (χ0v) is 20.4. The van der Waals surface area contributed by atoms with Gasteiger partial charge in [0.2, 0.25) is 15.9 Å². The Balaban J connectivity index is 1.73. The lowest BCUT2D eigenvalue weighted by molar-refractivity contribution is -0.137. The molecule has 198 valence electrons. The van der Waals surface area contributed by atoms with Crippen LogP contribution < -0.4 is 14.3 Å². The Labute approximate surface area is 208 Å². The Morgan fingerprint density at radius 2 is 1.51 bits per heavy atom. The molecule has 0 bridgehead atoms. The number of hydrogen-bond acceptors (Lipinski definition) is 5. The molecule has 0 unspecified atom stereocenters. The molecule has 0 fully saturated rings. The van der Waals surface area contributed by atoms with Crippen LogP contribution in [0.5, 0.6) is 0 Å². The fraction of sp³-hybridized carbons (Fsp3) is 0.136. The van der Waals surface area contributed by atoms with Crippen LogP contribution in [0.25, 0.3) is 0 Å². The second-order valence-electron chi connectivity index (χ2n) is 7.62. The van der Waals surface area contributed by atoms with Crippen molar-refractivity contribution in [2.24, 2.45) is 0 Å². The molecule has 0 spiro atoms. The van der Waals surface area contributed by atoms with Gasteiger partial charge in [0.05, 0.1) is 22.4 Å². The molecule has 2 N–H and O–H groups in total. The summed E-state index contributed by atoms with van der Waals surface area (Å²) in [6.07, 6.45) is -3.91. The van der Waals surface area contributed by atoms with Gasteiger partial charge in [-0.2, -0.15) is 13.2 Å². The topological polar surface area (TPSA) is 113 Å². The molecular weight excluding hydrogens is 545 g/mol. The molecule has 8 nitrogen and oxygen atoms in total. The summed E-state index contributed by atoms with van der Waals surface area (Å²) < 4.78 is 117. The highest BCUT2D eigenvalue weighted by atomic mass is 32.2. The quantitative estimate of drug-likeness (QED) is 0.399. The van der Waals surface area contributed by atoms with E-state index in [1.807, 2.05) is 4.72 Å². The van der Waals surface area contributed by atoms with Gasteiger partial charge in [0, 0.05) is 17.4 Å². The van der Waals surface area contributed by atoms with Gasteiger partial charge in [-0.15, -0.1) is 0 Å². The second-order valence-corrected chi connectivity index (χ2v) is 11.2. The van der Waals surface area contributed by atoms with Crippen molar-refractivity contribution in [1.82, 2.24) is 0 Å². The normalized spacial score (nSPS) is 12.2. The van der Waals surface area contributed by atoms with E-state index in [1.54, 1.807) is 0 Å². The van der Waals surface area contributed by atoms with Crippen molar-refractivity contribution in [1.29, 1.82) is 0 Å². The lowest BCUT2D eigenvalue weighted by Crippen LogP contribution is -2.37. The number of alkyl halides is 3. The molecule has 0 aliphatic heterocycles. The summed E-state index contributed by atoms with van der Waals surface area (Å²) in [6.45, 7) is -0.805. The van der Waals surface area contributed by atoms with Gasteiger partial charge < -0.3 is 5.32 Å². The molecule has 0 heterocycles. The van der Waals surface area contributed by atoms with Gasteiger partial charge >= 0.3 is 6.18 Å². The zero-order chi connectivity index (χ0) is 27.6. The first-order chi connectivity index (χ1) is 17.1. The Bertz CT molecular complexity index is 1530. The third-order valence-electron chi connectivity index (χ3n) is 4.77. The van der Waals surface area contributed by atoms with E-state index in [-0.39, 0.29) is 22.0 Å². The van der Waals surface area contributed by atoms with Crippen LogP contribution >= 0.6 is 0 Å². The highest BCUT2D eigenvalue weighted by molar-refractivity contribution is 7.92. The number of sulfonamides is 2. The van der Waals surface area contributed by atoms with E-state index in [2.05, 4.69) is 5.32 Å². The maximum atomic E-state index is 13.6. The van der Waals surface area contributed by atoms with Crippen molar-refractivity contribution in [3.8, 4) is 0 Å². The van der Waals surface area contributed by atoms with Crippen molar-refractivity contribution in [3.05, 3.63) is 83.9 Å². The van der Waals surface area contributed by atoms with E-state index in [4.69, 9.17) is 0 Å². The van der Waals surface area contributed by atoms with E-state index in [1.165, 1.54) is 12.1 Å². The molecule has 0 aliphatic carbocycles. The summed E-state index contributed by atoms with van der Waals surface area (Å²) in [5.41, 5.74) is -1.59. The molecule has 3 aromatic rings. The minimum Gasteiger partial charge on any atom is -0.325 e. The van der Waals surface area contributed by atoms with Crippen LogP contribution in [0.1, 0.15) is 5.56 Å². The molecule has 1 amide bonds. The minimum atomic E-state index is -4.67. The Morgan fingerprint density at radius 3 is 2.08 bits per heavy atom. The molecule has 0 atom stereocenters. The SMILES string of the molecule is CS(=O)(=O)N(CC(=O)Nc1ccc(S(=O)(=O)Nc2cccc(C(F)(F)F)c2)cc1)c1ccc(F)c(F)c1. The third-order valence-corrected chi connectivity index (χ3v) is 7.31. The largest absolute Gasteiger partial charge is 0.416 e. The first-order valence-corrected chi connectivity index (χ1v) is 13.4. The molecule has 0 saturated heterocycles. The van der Waals surface area contributed by atoms with Gasteiger partial charge in [0.25, 0.3) is 10.0 Å². The molecule has 15 heteroatoms. The highest BCUT2D eigenvalue weighted by Crippen LogP contribution is 2.31. The number of nitrogens with one attached hydrogen (secondary N) is 2. The predicted octanol–water partition coefficient (Wildman–Crippen LogP) is 4.19. The average Bonchev–Trinajstić information content (AvgIpc) is 2.78. The molecule has 37 heavy (non-hydrogen) atoms. The number of hydrogen-bond donors (Lipinski definition) is 2. The minimum absolute atomic E-state index is 0.0572. The Hall–Kier alpha value is -3.72. The lowest BCUT2D eigenvalue weighted by atomic mass is 10.2. The molecule has 0 aliphatic rings. The Morgan fingerprint density at radius 1 is 0.865 bits per heavy atom. The third kappa shape index (κ3) is 7.16. The van der Waals surface area contributed by atoms with E-state index in [0.29, 0.717) is 22.5 Å². The van der Waals surface area contributed by atoms with Gasteiger partial charge in [0.1, 0.15) is 6.54 Å². The number of nitrogens with zero attached hydrogens (tertiary/aromatic N) is 1. The van der Waals surface area contributed by atoms with E-state index in [9.17, 15) is 43.6 Å². The van der Waals surface area contributed by atoms with Crippen molar-refractivity contribution < 1.29 is 43.6 Å². The molecule has 0 radical (unpaired) electrons. The molecular formula is C22H18F5N3O5S2. The summed E-state index contributed by atoms with van der Waals surface area (Å²) >= 11 is 0.